The van der Waals surface area contributed by atoms with Crippen molar-refractivity contribution >= 4 is 28.3 Å². The van der Waals surface area contributed by atoms with E-state index in [9.17, 15) is 39.9 Å². The molecule has 0 bridgehead atoms. The highest BCUT2D eigenvalue weighted by Gasteiger charge is 2.71. The van der Waals surface area contributed by atoms with Crippen molar-refractivity contribution in [1.29, 1.82) is 0 Å². The number of alkyl halides is 6. The fraction of sp³-hybridized carbons (Fsp3) is 0.462. The molecule has 1 unspecified atom stereocenters. The molecule has 1 aliphatic rings. The van der Waals surface area contributed by atoms with Crippen molar-refractivity contribution in [2.75, 3.05) is 38.2 Å². The first-order chi connectivity index (χ1) is 18.4. The number of halogens is 6. The Balaban J connectivity index is 2.02. The molecule has 1 fully saturated rings. The molecule has 6 nitrogen and oxygen atoms in total. The van der Waals surface area contributed by atoms with Crippen LogP contribution in [-0.2, 0) is 20.4 Å². The van der Waals surface area contributed by atoms with Crippen LogP contribution in [0.25, 0.3) is 0 Å². The summed E-state index contributed by atoms with van der Waals surface area (Å²) in [5, 5.41) is 9.93. The minimum Gasteiger partial charge on any atom is -0.369 e. The molecule has 40 heavy (non-hydrogen) atoms. The van der Waals surface area contributed by atoms with E-state index >= 15 is 0 Å². The topological polar surface area (TPSA) is 70.1 Å². The summed E-state index contributed by atoms with van der Waals surface area (Å²) in [6, 6.07) is 8.29. The van der Waals surface area contributed by atoms with Crippen LogP contribution in [0.2, 0.25) is 0 Å². The van der Waals surface area contributed by atoms with Gasteiger partial charge in [0.05, 0.1) is 10.6 Å². The summed E-state index contributed by atoms with van der Waals surface area (Å²) in [6.07, 6.45) is -12.8. The third kappa shape index (κ3) is 6.23. The van der Waals surface area contributed by atoms with Gasteiger partial charge < -0.3 is 14.7 Å². The Morgan fingerprint density at radius 1 is 0.975 bits per heavy atom. The van der Waals surface area contributed by atoms with Crippen LogP contribution in [0.4, 0.5) is 32.0 Å². The van der Waals surface area contributed by atoms with Crippen molar-refractivity contribution in [2.24, 2.45) is 5.92 Å². The molecular weight excluding hydrogens is 582 g/mol. The standard InChI is InChI=1S/C26H28F6N2O4S2/c1-17(2)21(38-3)11-8-18-16-19(24(35,25(27,28)29)26(30,31)32)9-10-20(18)33-12-14-34(15-13-33)40(36,37)23-7-5-4-6-22(23)39/h4-7,9-10,16-17,21,35,39H,12-15H2,1-3H3. The van der Waals surface area contributed by atoms with Crippen molar-refractivity contribution in [3.8, 4) is 11.8 Å². The van der Waals surface area contributed by atoms with E-state index in [4.69, 9.17) is 4.74 Å². The van der Waals surface area contributed by atoms with E-state index in [1.165, 1.54) is 23.5 Å². The zero-order valence-corrected chi connectivity index (χ0v) is 23.4. The number of hydrogen-bond donors (Lipinski definition) is 2. The highest BCUT2D eigenvalue weighted by molar-refractivity contribution is 7.90. The van der Waals surface area contributed by atoms with Gasteiger partial charge in [-0.25, -0.2) is 8.42 Å². The van der Waals surface area contributed by atoms with E-state index in [-0.39, 0.29) is 53.1 Å². The second-order valence-electron chi connectivity index (χ2n) is 9.47. The lowest BCUT2D eigenvalue weighted by atomic mass is 9.90. The van der Waals surface area contributed by atoms with Crippen molar-refractivity contribution in [1.82, 2.24) is 4.31 Å². The number of thiol groups is 1. The number of hydrogen-bond acceptors (Lipinski definition) is 6. The fourth-order valence-corrected chi connectivity index (χ4v) is 6.27. The Hall–Kier alpha value is -2.44. The van der Waals surface area contributed by atoms with Gasteiger partial charge in [0.1, 0.15) is 6.10 Å². The van der Waals surface area contributed by atoms with Crippen LogP contribution in [-0.4, -0.2) is 69.6 Å². The predicted octanol–water partition coefficient (Wildman–Crippen LogP) is 4.82. The first-order valence-corrected chi connectivity index (χ1v) is 13.9. The third-order valence-corrected chi connectivity index (χ3v) is 9.00. The number of methoxy groups -OCH3 is 1. The lowest BCUT2D eigenvalue weighted by Crippen LogP contribution is -2.54. The zero-order valence-electron chi connectivity index (χ0n) is 21.7. The van der Waals surface area contributed by atoms with E-state index in [1.54, 1.807) is 30.9 Å². The highest BCUT2D eigenvalue weighted by Crippen LogP contribution is 2.50. The van der Waals surface area contributed by atoms with Crippen LogP contribution in [0.1, 0.15) is 25.0 Å². The van der Waals surface area contributed by atoms with Gasteiger partial charge in [-0.2, -0.15) is 30.6 Å². The number of nitrogens with zero attached hydrogens (tertiary/aromatic N) is 2. The maximum atomic E-state index is 13.6. The van der Waals surface area contributed by atoms with Crippen molar-refractivity contribution < 1.29 is 44.6 Å². The van der Waals surface area contributed by atoms with Gasteiger partial charge in [0.15, 0.2) is 0 Å². The maximum Gasteiger partial charge on any atom is 0.430 e. The Morgan fingerprint density at radius 3 is 2.05 bits per heavy atom. The summed E-state index contributed by atoms with van der Waals surface area (Å²) in [7, 11) is -2.53. The molecule has 3 rings (SSSR count). The van der Waals surface area contributed by atoms with Gasteiger partial charge in [0, 0.05) is 49.3 Å². The van der Waals surface area contributed by atoms with Gasteiger partial charge in [-0.1, -0.05) is 43.9 Å². The summed E-state index contributed by atoms with van der Waals surface area (Å²) >= 11 is 4.21. The Labute approximate surface area is 234 Å². The Bertz CT molecular complexity index is 1360. The molecule has 220 valence electrons. The van der Waals surface area contributed by atoms with Crippen molar-refractivity contribution in [3.05, 3.63) is 53.6 Å². The van der Waals surface area contributed by atoms with Gasteiger partial charge in [-0.15, -0.1) is 12.6 Å². The summed E-state index contributed by atoms with van der Waals surface area (Å²) in [6.45, 7) is 3.66. The molecular formula is C26H28F6N2O4S2. The molecule has 1 atom stereocenters. The smallest absolute Gasteiger partial charge is 0.369 e. The van der Waals surface area contributed by atoms with E-state index < -0.39 is 39.6 Å². The quantitative estimate of drug-likeness (QED) is 0.279. The summed E-state index contributed by atoms with van der Waals surface area (Å²) in [5.74, 6) is 5.21. The van der Waals surface area contributed by atoms with E-state index in [1.807, 2.05) is 0 Å². The van der Waals surface area contributed by atoms with Crippen LogP contribution >= 0.6 is 12.6 Å². The largest absolute Gasteiger partial charge is 0.430 e. The molecule has 1 N–H and O–H groups in total. The molecule has 0 aromatic heterocycles. The SMILES string of the molecule is COC(C#Cc1cc(C(O)(C(F)(F)F)C(F)(F)F)ccc1N1CCN(S(=O)(=O)c2ccccc2S)CC1)C(C)C. The second-order valence-corrected chi connectivity index (χ2v) is 11.9. The summed E-state index contributed by atoms with van der Waals surface area (Å²) < 4.78 is 114. The van der Waals surface area contributed by atoms with Crippen molar-refractivity contribution in [3.63, 3.8) is 0 Å². The molecule has 1 aliphatic heterocycles. The molecule has 1 saturated heterocycles. The molecule has 1 heterocycles. The van der Waals surface area contributed by atoms with Gasteiger partial charge in [0.2, 0.25) is 10.0 Å². The Morgan fingerprint density at radius 2 is 1.55 bits per heavy atom. The molecule has 0 aliphatic carbocycles. The van der Waals surface area contributed by atoms with Gasteiger partial charge >= 0.3 is 12.4 Å². The average Bonchev–Trinajstić information content (AvgIpc) is 2.87. The van der Waals surface area contributed by atoms with E-state index in [0.717, 1.165) is 6.07 Å². The lowest BCUT2D eigenvalue weighted by Gasteiger charge is -2.37. The molecule has 14 heteroatoms. The predicted molar refractivity (Wildman–Crippen MR) is 140 cm³/mol. The second kappa shape index (κ2) is 11.8. The lowest BCUT2D eigenvalue weighted by molar-refractivity contribution is -0.376. The minimum atomic E-state index is -6.06. The molecule has 2 aromatic rings. The summed E-state index contributed by atoms with van der Waals surface area (Å²) in [5.41, 5.74) is -6.58. The van der Waals surface area contributed by atoms with E-state index in [2.05, 4.69) is 24.5 Å². The van der Waals surface area contributed by atoms with Crippen molar-refractivity contribution in [2.45, 2.75) is 47.7 Å². The van der Waals surface area contributed by atoms with Gasteiger partial charge in [-0.05, 0) is 30.2 Å². The summed E-state index contributed by atoms with van der Waals surface area (Å²) in [4.78, 5) is 1.89. The molecule has 0 radical (unpaired) electrons. The first kappa shape index (κ1) is 32.1. The number of anilines is 1. The highest BCUT2D eigenvalue weighted by atomic mass is 32.2. The van der Waals surface area contributed by atoms with Crippen LogP contribution in [0, 0.1) is 17.8 Å². The minimum absolute atomic E-state index is 0.0131. The molecule has 0 amide bonds. The number of rotatable bonds is 6. The average molecular weight is 611 g/mol. The van der Waals surface area contributed by atoms with Crippen LogP contribution in [0.5, 0.6) is 0 Å². The third-order valence-electron chi connectivity index (χ3n) is 6.51. The first-order valence-electron chi connectivity index (χ1n) is 12.0. The molecule has 2 aromatic carbocycles. The number of sulfonamides is 1. The van der Waals surface area contributed by atoms with Crippen LogP contribution in [0.3, 0.4) is 0 Å². The normalized spacial score (nSPS) is 16.6. The zero-order chi connectivity index (χ0) is 30.1. The number of aliphatic hydroxyl groups is 1. The number of benzene rings is 2. The Kier molecular flexibility index (Phi) is 9.47. The van der Waals surface area contributed by atoms with Crippen LogP contribution in [0.15, 0.2) is 52.3 Å². The van der Waals surface area contributed by atoms with Gasteiger partial charge in [-0.3, -0.25) is 0 Å². The number of ether oxygens (including phenoxy) is 1. The maximum absolute atomic E-state index is 13.6. The number of piperazine rings is 1. The molecule has 0 spiro atoms. The van der Waals surface area contributed by atoms with Crippen LogP contribution < -0.4 is 4.90 Å². The van der Waals surface area contributed by atoms with E-state index in [0.29, 0.717) is 12.1 Å². The fourth-order valence-electron chi connectivity index (χ4n) is 4.26. The molecule has 0 saturated carbocycles. The monoisotopic (exact) mass is 610 g/mol. The van der Waals surface area contributed by atoms with Gasteiger partial charge in [0.25, 0.3) is 5.60 Å².